The molecule has 130 valence electrons. The van der Waals surface area contributed by atoms with E-state index in [1.165, 1.54) is 11.3 Å². The lowest BCUT2D eigenvalue weighted by Crippen LogP contribution is -2.36. The summed E-state index contributed by atoms with van der Waals surface area (Å²) in [6.07, 6.45) is 2.32. The molecule has 0 saturated carbocycles. The largest absolute Gasteiger partial charge is 0.385 e. The first-order valence-electron chi connectivity index (χ1n) is 8.31. The molecule has 1 aromatic rings. The third-order valence-corrected chi connectivity index (χ3v) is 6.20. The Hall–Kier alpha value is -1.11. The van der Waals surface area contributed by atoms with Crippen LogP contribution in [-0.4, -0.2) is 58.4 Å². The molecule has 0 unspecified atom stereocenters. The van der Waals surface area contributed by atoms with E-state index in [1.807, 2.05) is 0 Å². The van der Waals surface area contributed by atoms with Gasteiger partial charge in [0.25, 0.3) is 0 Å². The van der Waals surface area contributed by atoms with Gasteiger partial charge in [-0.25, -0.2) is 12.7 Å². The lowest BCUT2D eigenvalue weighted by Gasteiger charge is -2.23. The second-order valence-electron chi connectivity index (χ2n) is 6.09. The van der Waals surface area contributed by atoms with Gasteiger partial charge in [-0.05, 0) is 38.3 Å². The molecule has 0 aromatic heterocycles. The van der Waals surface area contributed by atoms with Crippen LogP contribution in [0.2, 0.25) is 0 Å². The van der Waals surface area contributed by atoms with Crippen molar-refractivity contribution < 1.29 is 13.2 Å². The normalized spacial score (nSPS) is 17.2. The molecule has 1 saturated heterocycles. The molecule has 23 heavy (non-hydrogen) atoms. The van der Waals surface area contributed by atoms with Gasteiger partial charge in [0.15, 0.2) is 0 Å². The van der Waals surface area contributed by atoms with Crippen molar-refractivity contribution >= 4 is 15.7 Å². The molecule has 0 bridgehead atoms. The Kier molecular flexibility index (Phi) is 6.87. The zero-order valence-corrected chi connectivity index (χ0v) is 15.0. The first kappa shape index (κ1) is 18.2. The van der Waals surface area contributed by atoms with E-state index in [1.54, 1.807) is 11.4 Å². The fourth-order valence-electron chi connectivity index (χ4n) is 2.85. The molecule has 5 nitrogen and oxygen atoms in total. The number of sulfonamides is 1. The molecule has 1 aliphatic heterocycles. The van der Waals surface area contributed by atoms with Crippen LogP contribution in [0.5, 0.6) is 0 Å². The number of nitrogens with zero attached hydrogens (tertiary/aromatic N) is 2. The highest BCUT2D eigenvalue weighted by Crippen LogP contribution is 2.18. The highest BCUT2D eigenvalue weighted by molar-refractivity contribution is 7.89. The van der Waals surface area contributed by atoms with Gasteiger partial charge in [0, 0.05) is 45.6 Å². The molecule has 2 rings (SSSR count). The van der Waals surface area contributed by atoms with Crippen LogP contribution < -0.4 is 4.90 Å². The van der Waals surface area contributed by atoms with Crippen LogP contribution >= 0.6 is 0 Å². The smallest absolute Gasteiger partial charge is 0.214 e. The van der Waals surface area contributed by atoms with Crippen molar-refractivity contribution in [3.8, 4) is 0 Å². The number of anilines is 1. The predicted octanol–water partition coefficient (Wildman–Crippen LogP) is 2.26. The Morgan fingerprint density at radius 2 is 1.78 bits per heavy atom. The van der Waals surface area contributed by atoms with Crippen LogP contribution in [0.4, 0.5) is 5.69 Å². The molecule has 1 aliphatic rings. The fourth-order valence-corrected chi connectivity index (χ4v) is 4.44. The van der Waals surface area contributed by atoms with E-state index >= 15 is 0 Å². The summed E-state index contributed by atoms with van der Waals surface area (Å²) in [6, 6.07) is 8.43. The molecule has 0 spiro atoms. The Morgan fingerprint density at radius 1 is 1.04 bits per heavy atom. The second kappa shape index (κ2) is 8.66. The van der Waals surface area contributed by atoms with Gasteiger partial charge in [-0.3, -0.25) is 0 Å². The molecule has 1 heterocycles. The number of ether oxygens (including phenoxy) is 1. The van der Waals surface area contributed by atoms with Gasteiger partial charge < -0.3 is 9.64 Å². The summed E-state index contributed by atoms with van der Waals surface area (Å²) in [4.78, 5) is 2.28. The van der Waals surface area contributed by atoms with Gasteiger partial charge in [-0.1, -0.05) is 17.7 Å². The quantitative estimate of drug-likeness (QED) is 0.715. The molecule has 1 aromatic carbocycles. The van der Waals surface area contributed by atoms with Crippen LogP contribution in [0, 0.1) is 6.92 Å². The monoisotopic (exact) mass is 340 g/mol. The van der Waals surface area contributed by atoms with Crippen LogP contribution in [0.3, 0.4) is 0 Å². The number of aryl methyl sites for hydroxylation is 1. The van der Waals surface area contributed by atoms with Crippen molar-refractivity contribution in [2.24, 2.45) is 0 Å². The number of hydrogen-bond acceptors (Lipinski definition) is 4. The van der Waals surface area contributed by atoms with Crippen molar-refractivity contribution in [2.45, 2.75) is 26.2 Å². The molecule has 1 fully saturated rings. The van der Waals surface area contributed by atoms with Gasteiger partial charge in [0.05, 0.1) is 5.75 Å². The van der Waals surface area contributed by atoms with Gasteiger partial charge >= 0.3 is 0 Å². The number of methoxy groups -OCH3 is 1. The summed E-state index contributed by atoms with van der Waals surface area (Å²) in [7, 11) is -1.51. The zero-order valence-electron chi connectivity index (χ0n) is 14.2. The van der Waals surface area contributed by atoms with Crippen molar-refractivity contribution in [1.82, 2.24) is 4.31 Å². The summed E-state index contributed by atoms with van der Waals surface area (Å²) in [5, 5.41) is 0. The summed E-state index contributed by atoms with van der Waals surface area (Å²) < 4.78 is 31.6. The van der Waals surface area contributed by atoms with Crippen LogP contribution in [0.1, 0.15) is 24.8 Å². The van der Waals surface area contributed by atoms with E-state index < -0.39 is 10.0 Å². The third-order valence-electron chi connectivity index (χ3n) is 4.25. The minimum Gasteiger partial charge on any atom is -0.385 e. The molecule has 6 heteroatoms. The van der Waals surface area contributed by atoms with Crippen LogP contribution in [-0.2, 0) is 14.8 Å². The predicted molar refractivity (Wildman–Crippen MR) is 94.5 cm³/mol. The van der Waals surface area contributed by atoms with Crippen molar-refractivity contribution in [3.63, 3.8) is 0 Å². The lowest BCUT2D eigenvalue weighted by atomic mass is 10.2. The van der Waals surface area contributed by atoms with E-state index in [0.717, 1.165) is 25.9 Å². The van der Waals surface area contributed by atoms with E-state index in [9.17, 15) is 8.42 Å². The minimum absolute atomic E-state index is 0.223. The summed E-state index contributed by atoms with van der Waals surface area (Å²) in [6.45, 7) is 5.54. The molecular formula is C17H28N2O3S. The van der Waals surface area contributed by atoms with E-state index in [4.69, 9.17) is 4.74 Å². The molecule has 0 aliphatic carbocycles. The molecular weight excluding hydrogens is 312 g/mol. The van der Waals surface area contributed by atoms with Gasteiger partial charge in [0.2, 0.25) is 10.0 Å². The average Bonchev–Trinajstić information content (AvgIpc) is 2.79. The molecule has 0 radical (unpaired) electrons. The Labute approximate surface area is 140 Å². The Balaban J connectivity index is 1.91. The van der Waals surface area contributed by atoms with Crippen LogP contribution in [0.25, 0.3) is 0 Å². The maximum Gasteiger partial charge on any atom is 0.214 e. The van der Waals surface area contributed by atoms with E-state index in [2.05, 4.69) is 36.1 Å². The standard InChI is InChI=1S/C17H28N2O3S/c1-16-6-8-17(9-7-16)18-10-5-11-19(13-12-18)23(20,21)15-4-3-14-22-2/h6-9H,3-5,10-15H2,1-2H3. The Bertz CT molecular complexity index is 572. The van der Waals surface area contributed by atoms with Crippen LogP contribution in [0.15, 0.2) is 24.3 Å². The van der Waals surface area contributed by atoms with Gasteiger partial charge in [0.1, 0.15) is 0 Å². The van der Waals surface area contributed by atoms with Gasteiger partial charge in [-0.15, -0.1) is 0 Å². The number of benzene rings is 1. The first-order valence-corrected chi connectivity index (χ1v) is 9.92. The molecule has 0 amide bonds. The SMILES string of the molecule is COCCCCS(=O)(=O)N1CCCN(c2ccc(C)cc2)CC1. The lowest BCUT2D eigenvalue weighted by molar-refractivity contribution is 0.194. The van der Waals surface area contributed by atoms with E-state index in [0.29, 0.717) is 26.1 Å². The highest BCUT2D eigenvalue weighted by atomic mass is 32.2. The summed E-state index contributed by atoms with van der Waals surface area (Å²) in [5.74, 6) is 0.223. The number of unbranched alkanes of at least 4 members (excludes halogenated alkanes) is 1. The van der Waals surface area contributed by atoms with Crippen molar-refractivity contribution in [3.05, 3.63) is 29.8 Å². The average molecular weight is 340 g/mol. The van der Waals surface area contributed by atoms with Crippen molar-refractivity contribution in [2.75, 3.05) is 50.5 Å². The first-order chi connectivity index (χ1) is 11.0. The molecule has 0 atom stereocenters. The van der Waals surface area contributed by atoms with Gasteiger partial charge in [-0.2, -0.15) is 0 Å². The summed E-state index contributed by atoms with van der Waals surface area (Å²) in [5.41, 5.74) is 2.42. The van der Waals surface area contributed by atoms with E-state index in [-0.39, 0.29) is 5.75 Å². The number of rotatable bonds is 7. The maximum atomic E-state index is 12.5. The number of hydrogen-bond donors (Lipinski definition) is 0. The second-order valence-corrected chi connectivity index (χ2v) is 8.18. The summed E-state index contributed by atoms with van der Waals surface area (Å²) >= 11 is 0. The third kappa shape index (κ3) is 5.48. The molecule has 0 N–H and O–H groups in total. The Morgan fingerprint density at radius 3 is 2.48 bits per heavy atom. The highest BCUT2D eigenvalue weighted by Gasteiger charge is 2.24. The topological polar surface area (TPSA) is 49.9 Å². The van der Waals surface area contributed by atoms with Crippen molar-refractivity contribution in [1.29, 1.82) is 0 Å². The zero-order chi connectivity index (χ0) is 16.7. The fraction of sp³-hybridized carbons (Fsp3) is 0.647. The minimum atomic E-state index is -3.15. The maximum absolute atomic E-state index is 12.5.